The fourth-order valence-electron chi connectivity index (χ4n) is 2.73. The molecule has 2 aliphatic carbocycles. The van der Waals surface area contributed by atoms with Gasteiger partial charge in [-0.3, -0.25) is 0 Å². The first-order valence-corrected chi connectivity index (χ1v) is 7.66. The molecule has 2 fully saturated rings. The molecule has 0 unspecified atom stereocenters. The molecule has 0 spiro atoms. The molecule has 0 bridgehead atoms. The van der Waals surface area contributed by atoms with Crippen molar-refractivity contribution in [2.75, 3.05) is 12.8 Å². The zero-order chi connectivity index (χ0) is 10.9. The van der Waals surface area contributed by atoms with Gasteiger partial charge in [0.2, 0.25) is 0 Å². The minimum absolute atomic E-state index is 0.614. The molecule has 0 aromatic rings. The molecular weight excluding hydrogens is 202 g/mol. The van der Waals surface area contributed by atoms with E-state index < -0.39 is 0 Å². The summed E-state index contributed by atoms with van der Waals surface area (Å²) in [5, 5.41) is 3.78. The molecule has 0 radical (unpaired) electrons. The summed E-state index contributed by atoms with van der Waals surface area (Å²) in [6.07, 6.45) is 9.42. The molecule has 0 amide bonds. The van der Waals surface area contributed by atoms with E-state index in [1.54, 1.807) is 0 Å². The van der Waals surface area contributed by atoms with E-state index in [0.29, 0.717) is 4.75 Å². The van der Waals surface area contributed by atoms with Gasteiger partial charge in [-0.1, -0.05) is 20.3 Å². The number of rotatable bonds is 5. The van der Waals surface area contributed by atoms with Crippen LogP contribution in [0.1, 0.15) is 46.0 Å². The van der Waals surface area contributed by atoms with Gasteiger partial charge in [0.15, 0.2) is 0 Å². The lowest BCUT2D eigenvalue weighted by Crippen LogP contribution is -2.51. The van der Waals surface area contributed by atoms with Crippen LogP contribution >= 0.6 is 11.8 Å². The third-order valence-corrected chi connectivity index (χ3v) is 5.95. The first-order valence-electron chi connectivity index (χ1n) is 6.44. The summed E-state index contributed by atoms with van der Waals surface area (Å²) in [7, 11) is 0. The molecule has 1 N–H and O–H groups in total. The molecule has 2 rings (SSSR count). The molecule has 1 nitrogen and oxygen atoms in total. The lowest BCUT2D eigenvalue weighted by atomic mass is 9.73. The van der Waals surface area contributed by atoms with E-state index in [2.05, 4.69) is 37.2 Å². The highest BCUT2D eigenvalue weighted by Gasteiger charge is 2.38. The van der Waals surface area contributed by atoms with Crippen molar-refractivity contribution in [3.8, 4) is 0 Å². The number of hydrogen-bond donors (Lipinski definition) is 1. The first kappa shape index (κ1) is 11.8. The topological polar surface area (TPSA) is 12.0 Å². The average Bonchev–Trinajstić information content (AvgIpc) is 2.05. The van der Waals surface area contributed by atoms with E-state index in [1.807, 2.05) is 0 Å². The van der Waals surface area contributed by atoms with Gasteiger partial charge in [-0.2, -0.15) is 11.8 Å². The van der Waals surface area contributed by atoms with Gasteiger partial charge in [0.25, 0.3) is 0 Å². The largest absolute Gasteiger partial charge is 0.313 e. The third-order valence-electron chi connectivity index (χ3n) is 4.53. The molecule has 0 aromatic carbocycles. The summed E-state index contributed by atoms with van der Waals surface area (Å²) in [5.41, 5.74) is 0. The van der Waals surface area contributed by atoms with Crippen LogP contribution in [0.3, 0.4) is 0 Å². The Balaban J connectivity index is 1.63. The lowest BCUT2D eigenvalue weighted by Gasteiger charge is -2.45. The van der Waals surface area contributed by atoms with Crippen LogP contribution < -0.4 is 5.32 Å². The molecule has 0 saturated heterocycles. The minimum atomic E-state index is 0.614. The quantitative estimate of drug-likeness (QED) is 0.773. The van der Waals surface area contributed by atoms with Crippen molar-refractivity contribution in [2.45, 2.75) is 56.7 Å². The average molecular weight is 227 g/mol. The zero-order valence-electron chi connectivity index (χ0n) is 10.4. The van der Waals surface area contributed by atoms with E-state index in [-0.39, 0.29) is 0 Å². The van der Waals surface area contributed by atoms with Gasteiger partial charge in [0, 0.05) is 17.3 Å². The van der Waals surface area contributed by atoms with Gasteiger partial charge in [0.05, 0.1) is 0 Å². The van der Waals surface area contributed by atoms with Crippen LogP contribution in [0.25, 0.3) is 0 Å². The molecule has 15 heavy (non-hydrogen) atoms. The smallest absolute Gasteiger partial charge is 0.0281 e. The van der Waals surface area contributed by atoms with Crippen LogP contribution in [-0.4, -0.2) is 23.6 Å². The van der Waals surface area contributed by atoms with E-state index in [4.69, 9.17) is 0 Å². The van der Waals surface area contributed by atoms with E-state index in [0.717, 1.165) is 17.9 Å². The first-order chi connectivity index (χ1) is 7.15. The Morgan fingerprint density at radius 3 is 2.40 bits per heavy atom. The van der Waals surface area contributed by atoms with E-state index in [9.17, 15) is 0 Å². The lowest BCUT2D eigenvalue weighted by molar-refractivity contribution is 0.160. The standard InChI is InChI=1S/C13H25NS/c1-10(2)11-7-12(8-11)14-9-13(15-3)5-4-6-13/h10-12,14H,4-9H2,1-3H3. The molecular formula is C13H25NS. The molecule has 2 heteroatoms. The molecule has 0 aromatic heterocycles. The maximum absolute atomic E-state index is 3.78. The summed E-state index contributed by atoms with van der Waals surface area (Å²) < 4.78 is 0.614. The molecule has 2 aliphatic rings. The van der Waals surface area contributed by atoms with Crippen molar-refractivity contribution in [2.24, 2.45) is 11.8 Å². The molecule has 88 valence electrons. The fraction of sp³-hybridized carbons (Fsp3) is 1.00. The summed E-state index contributed by atoms with van der Waals surface area (Å²) >= 11 is 2.08. The summed E-state index contributed by atoms with van der Waals surface area (Å²) in [4.78, 5) is 0. The Kier molecular flexibility index (Phi) is 3.67. The van der Waals surface area contributed by atoms with Gasteiger partial charge in [-0.05, 0) is 43.8 Å². The van der Waals surface area contributed by atoms with Crippen molar-refractivity contribution >= 4 is 11.8 Å². The third kappa shape index (κ3) is 2.52. The van der Waals surface area contributed by atoms with Gasteiger partial charge >= 0.3 is 0 Å². The molecule has 0 heterocycles. The maximum atomic E-state index is 3.78. The Morgan fingerprint density at radius 2 is 2.00 bits per heavy atom. The van der Waals surface area contributed by atoms with Gasteiger partial charge in [0.1, 0.15) is 0 Å². The normalized spacial score (nSPS) is 33.6. The van der Waals surface area contributed by atoms with Crippen LogP contribution in [-0.2, 0) is 0 Å². The van der Waals surface area contributed by atoms with Crippen molar-refractivity contribution < 1.29 is 0 Å². The van der Waals surface area contributed by atoms with Crippen LogP contribution in [0.15, 0.2) is 0 Å². The maximum Gasteiger partial charge on any atom is 0.0281 e. The second-order valence-electron chi connectivity index (χ2n) is 5.79. The van der Waals surface area contributed by atoms with Crippen molar-refractivity contribution in [3.05, 3.63) is 0 Å². The van der Waals surface area contributed by atoms with Gasteiger partial charge in [-0.25, -0.2) is 0 Å². The van der Waals surface area contributed by atoms with Gasteiger partial charge in [-0.15, -0.1) is 0 Å². The number of nitrogens with one attached hydrogen (secondary N) is 1. The van der Waals surface area contributed by atoms with Crippen LogP contribution in [0.2, 0.25) is 0 Å². The Bertz CT molecular complexity index is 199. The Labute approximate surface area is 98.8 Å². The van der Waals surface area contributed by atoms with E-state index in [1.165, 1.54) is 38.6 Å². The molecule has 2 saturated carbocycles. The van der Waals surface area contributed by atoms with Crippen molar-refractivity contribution in [1.82, 2.24) is 5.32 Å². The molecule has 0 aliphatic heterocycles. The van der Waals surface area contributed by atoms with Crippen LogP contribution in [0, 0.1) is 11.8 Å². The predicted molar refractivity (Wildman–Crippen MR) is 69.4 cm³/mol. The van der Waals surface area contributed by atoms with E-state index >= 15 is 0 Å². The Morgan fingerprint density at radius 1 is 1.33 bits per heavy atom. The second-order valence-corrected chi connectivity index (χ2v) is 7.07. The Hall–Kier alpha value is 0.310. The monoisotopic (exact) mass is 227 g/mol. The SMILES string of the molecule is CSC1(CNC2CC(C(C)C)C2)CCC1. The highest BCUT2D eigenvalue weighted by molar-refractivity contribution is 8.00. The van der Waals surface area contributed by atoms with Gasteiger partial charge < -0.3 is 5.32 Å². The zero-order valence-corrected chi connectivity index (χ0v) is 11.2. The highest BCUT2D eigenvalue weighted by atomic mass is 32.2. The van der Waals surface area contributed by atoms with Crippen molar-refractivity contribution in [3.63, 3.8) is 0 Å². The van der Waals surface area contributed by atoms with Crippen LogP contribution in [0.4, 0.5) is 0 Å². The summed E-state index contributed by atoms with van der Waals surface area (Å²) in [6.45, 7) is 5.97. The van der Waals surface area contributed by atoms with Crippen molar-refractivity contribution in [1.29, 1.82) is 0 Å². The predicted octanol–water partition coefficient (Wildman–Crippen LogP) is 3.30. The summed E-state index contributed by atoms with van der Waals surface area (Å²) in [5.74, 6) is 1.88. The fourth-order valence-corrected chi connectivity index (χ4v) is 3.65. The highest BCUT2D eigenvalue weighted by Crippen LogP contribution is 2.43. The number of thioether (sulfide) groups is 1. The minimum Gasteiger partial charge on any atom is -0.313 e. The van der Waals surface area contributed by atoms with Crippen LogP contribution in [0.5, 0.6) is 0 Å². The number of hydrogen-bond acceptors (Lipinski definition) is 2. The second kappa shape index (κ2) is 4.67. The molecule has 0 atom stereocenters. The summed E-state index contributed by atoms with van der Waals surface area (Å²) in [6, 6.07) is 0.835.